The summed E-state index contributed by atoms with van der Waals surface area (Å²) in [6.45, 7) is 8.05. The predicted molar refractivity (Wildman–Crippen MR) is 131 cm³/mol. The van der Waals surface area contributed by atoms with Gasteiger partial charge in [0.1, 0.15) is 0 Å². The Kier molecular flexibility index (Phi) is 10.7. The van der Waals surface area contributed by atoms with Gasteiger partial charge in [0.2, 0.25) is 0 Å². The summed E-state index contributed by atoms with van der Waals surface area (Å²) in [6, 6.07) is 7.37. The van der Waals surface area contributed by atoms with Crippen LogP contribution >= 0.6 is 86.9 Å². The first kappa shape index (κ1) is 26.9. The van der Waals surface area contributed by atoms with Crippen LogP contribution in [0.15, 0.2) is 42.2 Å². The summed E-state index contributed by atoms with van der Waals surface area (Å²) in [5, 5.41) is 0. The summed E-state index contributed by atoms with van der Waals surface area (Å²) in [4.78, 5) is 22.1. The second kappa shape index (κ2) is 11.5. The number of hydrogen-bond acceptors (Lipinski definition) is 4. The molecular formula is C19H16Br4Cl2O4. The minimum absolute atomic E-state index is 0.293. The Morgan fingerprint density at radius 2 is 0.966 bits per heavy atom. The van der Waals surface area contributed by atoms with Crippen molar-refractivity contribution in [3.63, 3.8) is 0 Å². The molecule has 0 aliphatic carbocycles. The highest BCUT2D eigenvalue weighted by atomic mass is 79.9. The Morgan fingerprint density at radius 1 is 0.724 bits per heavy atom. The molecule has 0 fully saturated rings. The van der Waals surface area contributed by atoms with E-state index in [0.717, 1.165) is 11.1 Å². The van der Waals surface area contributed by atoms with Crippen molar-refractivity contribution in [3.8, 4) is 11.5 Å². The zero-order valence-corrected chi connectivity index (χ0v) is 23.6. The first-order valence-corrected chi connectivity index (χ1v) is 12.1. The zero-order chi connectivity index (χ0) is 22.5. The third-order valence-electron chi connectivity index (χ3n) is 3.80. The van der Waals surface area contributed by atoms with Crippen molar-refractivity contribution in [1.29, 1.82) is 0 Å². The molecule has 0 atom stereocenters. The van der Waals surface area contributed by atoms with Gasteiger partial charge in [-0.25, -0.2) is 9.59 Å². The molecule has 158 valence electrons. The summed E-state index contributed by atoms with van der Waals surface area (Å²) >= 11 is 24.2. The third kappa shape index (κ3) is 6.94. The van der Waals surface area contributed by atoms with Gasteiger partial charge in [-0.2, -0.15) is 0 Å². The smallest absolute Gasteiger partial charge is 0.409 e. The first-order chi connectivity index (χ1) is 13.4. The fourth-order valence-corrected chi connectivity index (χ4v) is 5.21. The van der Waals surface area contributed by atoms with Crippen LogP contribution in [-0.2, 0) is 5.41 Å². The van der Waals surface area contributed by atoms with Crippen molar-refractivity contribution in [2.75, 3.05) is 0 Å². The standard InChI is InChI=1S/C17H10Br4Cl2O4.C2H6/c1-17(2,7-3-9(18)13(10(19)4-7)26-15(22)24)8-5-11(20)14(12(21)6-8)27-16(23)25;1-2/h3-6H,1-2H3;1-2H3. The normalized spacial score (nSPS) is 10.7. The number of benzene rings is 2. The molecule has 2 aromatic rings. The van der Waals surface area contributed by atoms with Gasteiger partial charge in [0.05, 0.1) is 17.9 Å². The maximum atomic E-state index is 11.1. The molecular weight excluding hydrogens is 683 g/mol. The molecule has 0 amide bonds. The highest BCUT2D eigenvalue weighted by Gasteiger charge is 2.28. The number of carbonyl (C=O) groups excluding carboxylic acids is 2. The molecule has 0 heterocycles. The number of hydrogen-bond donors (Lipinski definition) is 0. The monoisotopic (exact) mass is 694 g/mol. The van der Waals surface area contributed by atoms with E-state index in [2.05, 4.69) is 63.7 Å². The lowest BCUT2D eigenvalue weighted by Crippen LogP contribution is -2.19. The van der Waals surface area contributed by atoms with Crippen molar-refractivity contribution in [2.45, 2.75) is 33.1 Å². The van der Waals surface area contributed by atoms with Crippen LogP contribution in [0.4, 0.5) is 9.59 Å². The van der Waals surface area contributed by atoms with Gasteiger partial charge in [-0.05, 0) is 99.1 Å². The molecule has 0 spiro atoms. The van der Waals surface area contributed by atoms with E-state index in [-0.39, 0.29) is 0 Å². The van der Waals surface area contributed by atoms with E-state index in [0.29, 0.717) is 29.4 Å². The van der Waals surface area contributed by atoms with Crippen LogP contribution in [0.25, 0.3) is 0 Å². The SMILES string of the molecule is CC.CC(C)(c1cc(Br)c(OC(=O)Cl)c(Br)c1)c1cc(Br)c(OC(=O)Cl)c(Br)c1. The van der Waals surface area contributed by atoms with Crippen LogP contribution in [0.2, 0.25) is 0 Å². The Balaban J connectivity index is 0.00000204. The molecule has 0 radical (unpaired) electrons. The first-order valence-electron chi connectivity index (χ1n) is 8.17. The summed E-state index contributed by atoms with van der Waals surface area (Å²) in [7, 11) is 0. The van der Waals surface area contributed by atoms with Crippen LogP contribution in [0, 0.1) is 0 Å². The van der Waals surface area contributed by atoms with E-state index in [4.69, 9.17) is 32.7 Å². The highest BCUT2D eigenvalue weighted by molar-refractivity contribution is 9.11. The second-order valence-electron chi connectivity index (χ2n) is 5.84. The van der Waals surface area contributed by atoms with Gasteiger partial charge in [-0.3, -0.25) is 0 Å². The number of carbonyl (C=O) groups is 2. The molecule has 0 saturated heterocycles. The third-order valence-corrected chi connectivity index (χ3v) is 6.32. The van der Waals surface area contributed by atoms with E-state index in [1.807, 2.05) is 52.0 Å². The summed E-state index contributed by atoms with van der Waals surface area (Å²) in [6.07, 6.45) is 0. The number of ether oxygens (including phenoxy) is 2. The molecule has 0 aromatic heterocycles. The fourth-order valence-electron chi connectivity index (χ4n) is 2.36. The molecule has 0 bridgehead atoms. The van der Waals surface area contributed by atoms with Crippen molar-refractivity contribution in [3.05, 3.63) is 53.3 Å². The highest BCUT2D eigenvalue weighted by Crippen LogP contribution is 2.44. The van der Waals surface area contributed by atoms with Crippen molar-refractivity contribution in [1.82, 2.24) is 0 Å². The van der Waals surface area contributed by atoms with Gasteiger partial charge in [0.15, 0.2) is 11.5 Å². The van der Waals surface area contributed by atoms with Crippen LogP contribution < -0.4 is 9.47 Å². The minimum Gasteiger partial charge on any atom is -0.412 e. The van der Waals surface area contributed by atoms with Crippen LogP contribution in [0.3, 0.4) is 0 Å². The summed E-state index contributed by atoms with van der Waals surface area (Å²) in [5.74, 6) is 0.586. The van der Waals surface area contributed by atoms with Gasteiger partial charge < -0.3 is 9.47 Å². The van der Waals surface area contributed by atoms with Crippen molar-refractivity contribution >= 4 is 97.8 Å². The van der Waals surface area contributed by atoms with E-state index < -0.39 is 16.3 Å². The van der Waals surface area contributed by atoms with Gasteiger partial charge in [-0.1, -0.05) is 27.7 Å². The number of halogens is 6. The Hall–Kier alpha value is -0.120. The zero-order valence-electron chi connectivity index (χ0n) is 15.7. The Bertz CT molecular complexity index is 813. The molecule has 0 aliphatic heterocycles. The molecule has 10 heteroatoms. The van der Waals surface area contributed by atoms with Crippen molar-refractivity contribution < 1.29 is 19.1 Å². The Labute approximate surface area is 213 Å². The molecule has 0 saturated carbocycles. The molecule has 0 aliphatic rings. The molecule has 4 nitrogen and oxygen atoms in total. The lowest BCUT2D eigenvalue weighted by molar-refractivity contribution is 0.224. The van der Waals surface area contributed by atoms with E-state index >= 15 is 0 Å². The van der Waals surface area contributed by atoms with Gasteiger partial charge in [0, 0.05) is 28.6 Å². The maximum Gasteiger partial charge on any atom is 0.409 e. The molecule has 0 unspecified atom stereocenters. The summed E-state index contributed by atoms with van der Waals surface area (Å²) in [5.41, 5.74) is -0.460. The lowest BCUT2D eigenvalue weighted by Gasteiger charge is -2.28. The fraction of sp³-hybridized carbons (Fsp3) is 0.263. The van der Waals surface area contributed by atoms with Crippen LogP contribution in [0.1, 0.15) is 38.8 Å². The molecule has 2 aromatic carbocycles. The second-order valence-corrected chi connectivity index (χ2v) is 9.88. The number of rotatable bonds is 4. The van der Waals surface area contributed by atoms with Crippen molar-refractivity contribution in [2.24, 2.45) is 0 Å². The summed E-state index contributed by atoms with van der Waals surface area (Å²) < 4.78 is 12.3. The maximum absolute atomic E-state index is 11.1. The van der Waals surface area contributed by atoms with Gasteiger partial charge >= 0.3 is 10.9 Å². The quantitative estimate of drug-likeness (QED) is 0.299. The lowest BCUT2D eigenvalue weighted by atomic mass is 9.78. The topological polar surface area (TPSA) is 52.6 Å². The van der Waals surface area contributed by atoms with Crippen LogP contribution in [0.5, 0.6) is 11.5 Å². The Morgan fingerprint density at radius 3 is 1.17 bits per heavy atom. The molecule has 0 N–H and O–H groups in total. The van der Waals surface area contributed by atoms with Gasteiger partial charge in [-0.15, -0.1) is 0 Å². The minimum atomic E-state index is -0.930. The largest absolute Gasteiger partial charge is 0.412 e. The molecule has 29 heavy (non-hydrogen) atoms. The predicted octanol–water partition coefficient (Wildman–Crippen LogP) is 9.56. The average Bonchev–Trinajstić information content (AvgIpc) is 2.62. The van der Waals surface area contributed by atoms with E-state index in [1.54, 1.807) is 0 Å². The van der Waals surface area contributed by atoms with E-state index in [1.165, 1.54) is 0 Å². The molecule has 2 rings (SSSR count). The average molecular weight is 699 g/mol. The van der Waals surface area contributed by atoms with Crippen LogP contribution in [-0.4, -0.2) is 10.9 Å². The van der Waals surface area contributed by atoms with E-state index in [9.17, 15) is 9.59 Å². The van der Waals surface area contributed by atoms with Gasteiger partial charge in [0.25, 0.3) is 0 Å².